The van der Waals surface area contributed by atoms with Crippen LogP contribution in [0.1, 0.15) is 18.9 Å². The average molecular weight is 269 g/mol. The number of hydrogen-bond donors (Lipinski definition) is 2. The van der Waals surface area contributed by atoms with Gasteiger partial charge in [0.15, 0.2) is 0 Å². The van der Waals surface area contributed by atoms with Crippen molar-refractivity contribution in [2.75, 3.05) is 13.1 Å². The summed E-state index contributed by atoms with van der Waals surface area (Å²) in [4.78, 5) is 11.4. The molecule has 104 valence electrons. The average Bonchev–Trinajstić information content (AvgIpc) is 2.47. The Morgan fingerprint density at radius 3 is 2.80 bits per heavy atom. The molecule has 0 heterocycles. The highest BCUT2D eigenvalue weighted by molar-refractivity contribution is 5.90. The summed E-state index contributed by atoms with van der Waals surface area (Å²) in [7, 11) is 0. The number of benzene rings is 2. The molecule has 0 saturated carbocycles. The lowest BCUT2D eigenvalue weighted by atomic mass is 10.1. The summed E-state index contributed by atoms with van der Waals surface area (Å²) in [5.41, 5.74) is 3.47. The predicted octanol–water partition coefficient (Wildman–Crippen LogP) is 2.29. The monoisotopic (exact) mass is 269 g/mol. The second kappa shape index (κ2) is 7.40. The fourth-order valence-corrected chi connectivity index (χ4v) is 1.89. The van der Waals surface area contributed by atoms with Gasteiger partial charge in [-0.1, -0.05) is 43.3 Å². The molecule has 2 aromatic rings. The van der Waals surface area contributed by atoms with Crippen LogP contribution in [-0.4, -0.2) is 25.2 Å². The summed E-state index contributed by atoms with van der Waals surface area (Å²) in [6.07, 6.45) is 2.66. The normalized spacial score (nSPS) is 11.1. The minimum atomic E-state index is -0.129. The fraction of sp³-hybridized carbons (Fsp3) is 0.250. The highest BCUT2D eigenvalue weighted by Crippen LogP contribution is 2.14. The Morgan fingerprint density at radius 1 is 1.20 bits per heavy atom. The number of hydrazone groups is 1. The van der Waals surface area contributed by atoms with Gasteiger partial charge in [-0.2, -0.15) is 5.10 Å². The van der Waals surface area contributed by atoms with Crippen LogP contribution in [0, 0.1) is 0 Å². The second-order valence-corrected chi connectivity index (χ2v) is 4.58. The lowest BCUT2D eigenvalue weighted by molar-refractivity contribution is -0.120. The topological polar surface area (TPSA) is 53.5 Å². The number of carbonyl (C=O) groups excluding carboxylic acids is 1. The molecule has 20 heavy (non-hydrogen) atoms. The van der Waals surface area contributed by atoms with Crippen LogP contribution >= 0.6 is 0 Å². The van der Waals surface area contributed by atoms with E-state index in [0.717, 1.165) is 23.9 Å². The third kappa shape index (κ3) is 4.17. The maximum atomic E-state index is 11.4. The van der Waals surface area contributed by atoms with Gasteiger partial charge < -0.3 is 5.32 Å². The highest BCUT2D eigenvalue weighted by atomic mass is 16.2. The van der Waals surface area contributed by atoms with Crippen molar-refractivity contribution in [3.63, 3.8) is 0 Å². The molecule has 0 bridgehead atoms. The van der Waals surface area contributed by atoms with Gasteiger partial charge in [-0.05, 0) is 35.4 Å². The van der Waals surface area contributed by atoms with Crippen molar-refractivity contribution in [1.29, 1.82) is 0 Å². The summed E-state index contributed by atoms with van der Waals surface area (Å²) in [5.74, 6) is -0.129. The summed E-state index contributed by atoms with van der Waals surface area (Å²) in [6, 6.07) is 14.2. The van der Waals surface area contributed by atoms with E-state index in [4.69, 9.17) is 0 Å². The molecule has 0 atom stereocenters. The van der Waals surface area contributed by atoms with Crippen molar-refractivity contribution >= 4 is 22.9 Å². The molecule has 0 unspecified atom stereocenters. The van der Waals surface area contributed by atoms with E-state index in [9.17, 15) is 4.79 Å². The van der Waals surface area contributed by atoms with Crippen molar-refractivity contribution in [2.24, 2.45) is 5.10 Å². The molecule has 0 fully saturated rings. The summed E-state index contributed by atoms with van der Waals surface area (Å²) in [5, 5.41) is 9.34. The Hall–Kier alpha value is -2.20. The predicted molar refractivity (Wildman–Crippen MR) is 82.8 cm³/mol. The van der Waals surface area contributed by atoms with E-state index in [1.165, 1.54) is 5.39 Å². The molecule has 2 N–H and O–H groups in total. The third-order valence-electron chi connectivity index (χ3n) is 2.89. The molecular formula is C16H19N3O. The van der Waals surface area contributed by atoms with Gasteiger partial charge in [-0.3, -0.25) is 4.79 Å². The smallest absolute Gasteiger partial charge is 0.254 e. The fourth-order valence-electron chi connectivity index (χ4n) is 1.89. The first-order valence-electron chi connectivity index (χ1n) is 6.81. The molecule has 0 radical (unpaired) electrons. The number of rotatable bonds is 6. The van der Waals surface area contributed by atoms with Crippen molar-refractivity contribution in [3.8, 4) is 0 Å². The van der Waals surface area contributed by atoms with Crippen LogP contribution in [0.2, 0.25) is 0 Å². The molecule has 0 saturated heterocycles. The lowest BCUT2D eigenvalue weighted by Gasteiger charge is -2.01. The number of amides is 1. The van der Waals surface area contributed by atoms with Gasteiger partial charge in [-0.15, -0.1) is 0 Å². The van der Waals surface area contributed by atoms with Crippen LogP contribution < -0.4 is 10.7 Å². The minimum Gasteiger partial charge on any atom is -0.308 e. The molecular weight excluding hydrogens is 250 g/mol. The Bertz CT molecular complexity index is 607. The van der Waals surface area contributed by atoms with Crippen LogP contribution in [0.15, 0.2) is 47.6 Å². The first-order valence-corrected chi connectivity index (χ1v) is 6.81. The number of fused-ring (bicyclic) bond motifs is 1. The highest BCUT2D eigenvalue weighted by Gasteiger charge is 1.97. The van der Waals surface area contributed by atoms with E-state index in [-0.39, 0.29) is 5.91 Å². The third-order valence-corrected chi connectivity index (χ3v) is 2.89. The van der Waals surface area contributed by atoms with Crippen molar-refractivity contribution in [1.82, 2.24) is 10.7 Å². The maximum Gasteiger partial charge on any atom is 0.254 e. The van der Waals surface area contributed by atoms with Crippen LogP contribution in [-0.2, 0) is 4.79 Å². The Balaban J connectivity index is 1.91. The first-order chi connectivity index (χ1) is 9.79. The summed E-state index contributed by atoms with van der Waals surface area (Å²) < 4.78 is 0. The van der Waals surface area contributed by atoms with Crippen LogP contribution in [0.5, 0.6) is 0 Å². The lowest BCUT2D eigenvalue weighted by Crippen LogP contribution is -2.31. The number of hydrogen-bond acceptors (Lipinski definition) is 3. The zero-order valence-corrected chi connectivity index (χ0v) is 11.6. The van der Waals surface area contributed by atoms with E-state index < -0.39 is 0 Å². The van der Waals surface area contributed by atoms with Gasteiger partial charge in [0, 0.05) is 0 Å². The van der Waals surface area contributed by atoms with Crippen LogP contribution in [0.3, 0.4) is 0 Å². The van der Waals surface area contributed by atoms with Gasteiger partial charge in [0.2, 0.25) is 0 Å². The first kappa shape index (κ1) is 14.2. The van der Waals surface area contributed by atoms with E-state index in [1.807, 2.05) is 30.3 Å². The van der Waals surface area contributed by atoms with Crippen LogP contribution in [0.4, 0.5) is 0 Å². The van der Waals surface area contributed by atoms with Gasteiger partial charge in [-0.25, -0.2) is 5.43 Å². The zero-order valence-electron chi connectivity index (χ0n) is 11.6. The molecule has 0 aromatic heterocycles. The van der Waals surface area contributed by atoms with Crippen molar-refractivity contribution in [3.05, 3.63) is 48.0 Å². The standard InChI is InChI=1S/C16H19N3O/c1-2-9-17-12-16(20)19-18-11-13-7-8-14-5-3-4-6-15(14)10-13/h3-8,10-11,17H,2,9,12H2,1H3,(H,19,20)/b18-11+. The van der Waals surface area contributed by atoms with Gasteiger partial charge in [0.1, 0.15) is 0 Å². The van der Waals surface area contributed by atoms with Crippen molar-refractivity contribution in [2.45, 2.75) is 13.3 Å². The number of nitrogens with zero attached hydrogens (tertiary/aromatic N) is 1. The molecule has 4 nitrogen and oxygen atoms in total. The number of carbonyl (C=O) groups is 1. The van der Waals surface area contributed by atoms with E-state index in [2.05, 4.69) is 34.9 Å². The molecule has 1 amide bonds. The summed E-state index contributed by atoms with van der Waals surface area (Å²) in [6.45, 7) is 3.19. The molecule has 4 heteroatoms. The van der Waals surface area contributed by atoms with Gasteiger partial charge >= 0.3 is 0 Å². The van der Waals surface area contributed by atoms with Gasteiger partial charge in [0.25, 0.3) is 5.91 Å². The zero-order chi connectivity index (χ0) is 14.2. The maximum absolute atomic E-state index is 11.4. The quantitative estimate of drug-likeness (QED) is 0.480. The SMILES string of the molecule is CCCNCC(=O)N/N=C/c1ccc2ccccc2c1. The van der Waals surface area contributed by atoms with Crippen LogP contribution in [0.25, 0.3) is 10.8 Å². The van der Waals surface area contributed by atoms with Gasteiger partial charge in [0.05, 0.1) is 12.8 Å². The largest absolute Gasteiger partial charge is 0.308 e. The molecule has 0 aliphatic heterocycles. The molecule has 2 rings (SSSR count). The van der Waals surface area contributed by atoms with E-state index in [0.29, 0.717) is 6.54 Å². The molecule has 2 aromatic carbocycles. The molecule has 0 aliphatic carbocycles. The second-order valence-electron chi connectivity index (χ2n) is 4.58. The van der Waals surface area contributed by atoms with Crippen molar-refractivity contribution < 1.29 is 4.79 Å². The van der Waals surface area contributed by atoms with E-state index in [1.54, 1.807) is 6.21 Å². The summed E-state index contributed by atoms with van der Waals surface area (Å²) >= 11 is 0. The Morgan fingerprint density at radius 2 is 2.00 bits per heavy atom. The minimum absolute atomic E-state index is 0.129. The molecule has 0 spiro atoms. The number of nitrogens with one attached hydrogen (secondary N) is 2. The Labute approximate surface area is 118 Å². The molecule has 0 aliphatic rings. The Kier molecular flexibility index (Phi) is 5.26. The van der Waals surface area contributed by atoms with E-state index >= 15 is 0 Å².